The third-order valence-corrected chi connectivity index (χ3v) is 4.71. The molecule has 1 aromatic heterocycles. The van der Waals surface area contributed by atoms with Gasteiger partial charge >= 0.3 is 0 Å². The van der Waals surface area contributed by atoms with Crippen LogP contribution in [-0.2, 0) is 0 Å². The summed E-state index contributed by atoms with van der Waals surface area (Å²) < 4.78 is 0.970. The number of carbonyl (C=O) groups is 1. The van der Waals surface area contributed by atoms with E-state index in [1.54, 1.807) is 12.3 Å². The number of anilines is 2. The molecule has 1 fully saturated rings. The van der Waals surface area contributed by atoms with Gasteiger partial charge in [0.05, 0.1) is 0 Å². The van der Waals surface area contributed by atoms with Crippen LogP contribution >= 0.6 is 15.9 Å². The van der Waals surface area contributed by atoms with Crippen molar-refractivity contribution in [3.8, 4) is 0 Å². The van der Waals surface area contributed by atoms with Crippen molar-refractivity contribution in [2.24, 2.45) is 0 Å². The molecule has 24 heavy (non-hydrogen) atoms. The fourth-order valence-electron chi connectivity index (χ4n) is 2.89. The summed E-state index contributed by atoms with van der Waals surface area (Å²) in [7, 11) is 0. The molecule has 0 aliphatic heterocycles. The van der Waals surface area contributed by atoms with Gasteiger partial charge in [0.15, 0.2) is 0 Å². The molecule has 6 heteroatoms. The molecular formula is C18H21BrN4O. The molecule has 3 rings (SSSR count). The third kappa shape index (κ3) is 4.77. The van der Waals surface area contributed by atoms with Crippen molar-refractivity contribution in [3.05, 3.63) is 46.7 Å². The molecule has 1 amide bonds. The van der Waals surface area contributed by atoms with Gasteiger partial charge in [-0.3, -0.25) is 4.79 Å². The van der Waals surface area contributed by atoms with Gasteiger partial charge in [0.1, 0.15) is 5.69 Å². The molecule has 1 aliphatic carbocycles. The molecule has 2 aromatic rings. The van der Waals surface area contributed by atoms with Crippen LogP contribution in [0.4, 0.5) is 11.6 Å². The summed E-state index contributed by atoms with van der Waals surface area (Å²) in [4.78, 5) is 21.0. The number of amides is 1. The number of aromatic nitrogens is 2. The first-order valence-electron chi connectivity index (χ1n) is 8.37. The Morgan fingerprint density at radius 2 is 1.75 bits per heavy atom. The molecule has 1 aliphatic rings. The minimum atomic E-state index is -0.233. The van der Waals surface area contributed by atoms with Crippen LogP contribution in [-0.4, -0.2) is 21.9 Å². The van der Waals surface area contributed by atoms with E-state index in [2.05, 4.69) is 36.5 Å². The maximum Gasteiger partial charge on any atom is 0.274 e. The number of hydrogen-bond acceptors (Lipinski definition) is 4. The van der Waals surface area contributed by atoms with Gasteiger partial charge in [0, 0.05) is 22.4 Å². The highest BCUT2D eigenvalue weighted by molar-refractivity contribution is 9.10. The third-order valence-electron chi connectivity index (χ3n) is 4.18. The number of benzene rings is 1. The zero-order valence-corrected chi connectivity index (χ0v) is 15.1. The predicted molar refractivity (Wildman–Crippen MR) is 99.2 cm³/mol. The molecular weight excluding hydrogens is 368 g/mol. The van der Waals surface area contributed by atoms with Crippen molar-refractivity contribution in [2.45, 2.75) is 44.6 Å². The van der Waals surface area contributed by atoms with E-state index in [0.29, 0.717) is 17.7 Å². The van der Waals surface area contributed by atoms with Crippen LogP contribution in [0.3, 0.4) is 0 Å². The summed E-state index contributed by atoms with van der Waals surface area (Å²) in [6, 6.07) is 9.48. The lowest BCUT2D eigenvalue weighted by Crippen LogP contribution is -2.21. The Morgan fingerprint density at radius 3 is 2.46 bits per heavy atom. The van der Waals surface area contributed by atoms with Crippen molar-refractivity contribution in [1.82, 2.24) is 9.97 Å². The van der Waals surface area contributed by atoms with Crippen LogP contribution in [0.15, 0.2) is 41.0 Å². The number of carbonyl (C=O) groups excluding carboxylic acids is 1. The van der Waals surface area contributed by atoms with Crippen LogP contribution in [0.2, 0.25) is 0 Å². The number of rotatable bonds is 4. The number of hydrogen-bond donors (Lipinski definition) is 2. The maximum absolute atomic E-state index is 12.4. The average Bonchev–Trinajstić information content (AvgIpc) is 2.86. The van der Waals surface area contributed by atoms with Crippen LogP contribution in [0, 0.1) is 0 Å². The van der Waals surface area contributed by atoms with Crippen molar-refractivity contribution in [1.29, 1.82) is 0 Å². The Morgan fingerprint density at radius 1 is 1.04 bits per heavy atom. The fourth-order valence-corrected chi connectivity index (χ4v) is 3.15. The summed E-state index contributed by atoms with van der Waals surface area (Å²) in [5.74, 6) is 0.300. The van der Waals surface area contributed by atoms with E-state index in [9.17, 15) is 4.79 Å². The Bertz CT molecular complexity index is 682. The van der Waals surface area contributed by atoms with Crippen molar-refractivity contribution < 1.29 is 4.79 Å². The highest BCUT2D eigenvalue weighted by atomic mass is 79.9. The molecule has 1 aromatic carbocycles. The Hall–Kier alpha value is -1.95. The smallest absolute Gasteiger partial charge is 0.274 e. The summed E-state index contributed by atoms with van der Waals surface area (Å²) in [5.41, 5.74) is 1.10. The van der Waals surface area contributed by atoms with Gasteiger partial charge in [-0.2, -0.15) is 0 Å². The predicted octanol–water partition coefficient (Wildman–Crippen LogP) is 4.63. The van der Waals surface area contributed by atoms with E-state index in [0.717, 1.165) is 23.0 Å². The number of halogens is 1. The summed E-state index contributed by atoms with van der Waals surface area (Å²) >= 11 is 3.38. The summed E-state index contributed by atoms with van der Waals surface area (Å²) in [6.45, 7) is 0. The summed E-state index contributed by atoms with van der Waals surface area (Å²) in [6.07, 6.45) is 8.98. The monoisotopic (exact) mass is 388 g/mol. The molecule has 126 valence electrons. The van der Waals surface area contributed by atoms with Crippen molar-refractivity contribution in [2.75, 3.05) is 10.6 Å². The van der Waals surface area contributed by atoms with E-state index in [1.165, 1.54) is 25.7 Å². The van der Waals surface area contributed by atoms with E-state index in [1.807, 2.05) is 24.3 Å². The first-order valence-corrected chi connectivity index (χ1v) is 9.16. The zero-order valence-electron chi connectivity index (χ0n) is 13.5. The molecule has 1 heterocycles. The van der Waals surface area contributed by atoms with E-state index in [4.69, 9.17) is 0 Å². The lowest BCUT2D eigenvalue weighted by molar-refractivity contribution is 0.102. The molecule has 0 bridgehead atoms. The first-order chi connectivity index (χ1) is 11.7. The molecule has 2 N–H and O–H groups in total. The second-order valence-corrected chi connectivity index (χ2v) is 6.98. The molecule has 0 spiro atoms. The normalized spacial score (nSPS) is 15.5. The molecule has 0 radical (unpaired) electrons. The SMILES string of the molecule is O=C(Nc1ccc(Br)cc1)c1ccnc(NC2CCCCCC2)n1. The standard InChI is InChI=1S/C18H21BrN4O/c19-13-7-9-15(10-8-13)21-17(24)16-11-12-20-18(23-16)22-14-5-3-1-2-4-6-14/h7-12,14H,1-6H2,(H,21,24)(H,20,22,23). The maximum atomic E-state index is 12.4. The lowest BCUT2D eigenvalue weighted by atomic mass is 10.1. The molecule has 0 unspecified atom stereocenters. The fraction of sp³-hybridized carbons (Fsp3) is 0.389. The van der Waals surface area contributed by atoms with Gasteiger partial charge in [-0.05, 0) is 43.2 Å². The summed E-state index contributed by atoms with van der Waals surface area (Å²) in [5, 5.41) is 6.23. The van der Waals surface area contributed by atoms with E-state index >= 15 is 0 Å². The molecule has 1 saturated carbocycles. The van der Waals surface area contributed by atoms with E-state index < -0.39 is 0 Å². The van der Waals surface area contributed by atoms with E-state index in [-0.39, 0.29) is 5.91 Å². The molecule has 0 atom stereocenters. The minimum Gasteiger partial charge on any atom is -0.351 e. The lowest BCUT2D eigenvalue weighted by Gasteiger charge is -2.16. The highest BCUT2D eigenvalue weighted by Crippen LogP contribution is 2.20. The highest BCUT2D eigenvalue weighted by Gasteiger charge is 2.14. The Balaban J connectivity index is 1.65. The molecule has 5 nitrogen and oxygen atoms in total. The van der Waals surface area contributed by atoms with Crippen LogP contribution in [0.25, 0.3) is 0 Å². The van der Waals surface area contributed by atoms with Gasteiger partial charge in [-0.15, -0.1) is 0 Å². The first kappa shape index (κ1) is 16.9. The van der Waals surface area contributed by atoms with Gasteiger partial charge in [-0.1, -0.05) is 41.6 Å². The topological polar surface area (TPSA) is 66.9 Å². The zero-order chi connectivity index (χ0) is 16.8. The van der Waals surface area contributed by atoms with Gasteiger partial charge in [0.2, 0.25) is 5.95 Å². The largest absolute Gasteiger partial charge is 0.351 e. The van der Waals surface area contributed by atoms with Gasteiger partial charge < -0.3 is 10.6 Å². The van der Waals surface area contributed by atoms with Crippen molar-refractivity contribution in [3.63, 3.8) is 0 Å². The number of nitrogens with one attached hydrogen (secondary N) is 2. The van der Waals surface area contributed by atoms with Crippen LogP contribution < -0.4 is 10.6 Å². The van der Waals surface area contributed by atoms with Crippen molar-refractivity contribution >= 4 is 33.5 Å². The number of nitrogens with zero attached hydrogens (tertiary/aromatic N) is 2. The molecule has 0 saturated heterocycles. The Labute approximate surface area is 150 Å². The van der Waals surface area contributed by atoms with Crippen LogP contribution in [0.5, 0.6) is 0 Å². The average molecular weight is 389 g/mol. The van der Waals surface area contributed by atoms with Crippen LogP contribution in [0.1, 0.15) is 49.0 Å². The second kappa shape index (κ2) is 8.24. The quantitative estimate of drug-likeness (QED) is 0.749. The minimum absolute atomic E-state index is 0.233. The van der Waals surface area contributed by atoms with Gasteiger partial charge in [0.25, 0.3) is 5.91 Å². The Kier molecular flexibility index (Phi) is 5.80. The van der Waals surface area contributed by atoms with Gasteiger partial charge in [-0.25, -0.2) is 9.97 Å². The second-order valence-electron chi connectivity index (χ2n) is 6.06.